The quantitative estimate of drug-likeness (QED) is 0.674. The highest BCUT2D eigenvalue weighted by Crippen LogP contribution is 2.29. The molecular weight excluding hydrogens is 218 g/mol. The summed E-state index contributed by atoms with van der Waals surface area (Å²) in [6.07, 6.45) is 0. The Morgan fingerprint density at radius 1 is 0.714 bits per heavy atom. The molecule has 0 saturated carbocycles. The van der Waals surface area contributed by atoms with Crippen molar-refractivity contribution in [2.24, 2.45) is 0 Å². The molecule has 0 spiro atoms. The molecule has 0 N–H and O–H groups in total. The van der Waals surface area contributed by atoms with Gasteiger partial charge in [-0.2, -0.15) is 0 Å². The fourth-order valence-corrected chi connectivity index (χ4v) is 26.8. The van der Waals surface area contributed by atoms with Gasteiger partial charge >= 0.3 is 0 Å². The van der Waals surface area contributed by atoms with E-state index < -0.39 is 24.7 Å². The molecule has 0 amide bonds. The first kappa shape index (κ1) is 14.6. The van der Waals surface area contributed by atoms with Gasteiger partial charge in [-0.05, 0) is 6.04 Å². The van der Waals surface area contributed by atoms with Gasteiger partial charge < -0.3 is 3.90 Å². The minimum atomic E-state index is -1.12. The summed E-state index contributed by atoms with van der Waals surface area (Å²) in [5, 5.41) is 0. The molecule has 4 heteroatoms. The van der Waals surface area contributed by atoms with Gasteiger partial charge in [-0.25, -0.2) is 0 Å². The van der Waals surface area contributed by atoms with Gasteiger partial charge in [-0.3, -0.25) is 0 Å². The molecule has 0 aromatic rings. The van der Waals surface area contributed by atoms with Gasteiger partial charge in [0.05, 0.1) is 0 Å². The number of rotatable bonds is 4. The highest BCUT2D eigenvalue weighted by atomic mass is 28.5. The van der Waals surface area contributed by atoms with Crippen molar-refractivity contribution in [3.8, 4) is 0 Å². The van der Waals surface area contributed by atoms with Crippen LogP contribution in [0.25, 0.3) is 0 Å². The second-order valence-electron chi connectivity index (χ2n) is 6.84. The summed E-state index contributed by atoms with van der Waals surface area (Å²) in [4.78, 5) is 0. The van der Waals surface area contributed by atoms with Gasteiger partial charge in [0.1, 0.15) is 24.7 Å². The predicted molar refractivity (Wildman–Crippen MR) is 76.5 cm³/mol. The standard InChI is InChI=1S/C10H29NSi3/c1-10-14(8,9)11(12(2,3)4)13(5,6)7/h10H2,1-9H3. The van der Waals surface area contributed by atoms with Crippen LogP contribution in [0, 0.1) is 0 Å². The zero-order valence-electron chi connectivity index (χ0n) is 11.7. The Kier molecular flexibility index (Phi) is 4.42. The molecule has 0 aromatic heterocycles. The number of nitrogens with zero attached hydrogens (tertiary/aromatic N) is 1. The van der Waals surface area contributed by atoms with E-state index in [4.69, 9.17) is 0 Å². The maximum atomic E-state index is 3.03. The second-order valence-corrected chi connectivity index (χ2v) is 22.5. The molecule has 0 fully saturated rings. The maximum Gasteiger partial charge on any atom is 0.108 e. The van der Waals surface area contributed by atoms with E-state index in [0.29, 0.717) is 0 Å². The Hall–Kier alpha value is 0.611. The Balaban J connectivity index is 5.14. The fourth-order valence-electron chi connectivity index (χ4n) is 2.98. The molecule has 0 rings (SSSR count). The van der Waals surface area contributed by atoms with Crippen molar-refractivity contribution < 1.29 is 0 Å². The normalized spacial score (nSPS) is 15.0. The van der Waals surface area contributed by atoms with E-state index in [2.05, 4.69) is 63.2 Å². The minimum Gasteiger partial charge on any atom is -0.369 e. The molecule has 1 nitrogen and oxygen atoms in total. The zero-order chi connectivity index (χ0) is 11.8. The molecule has 0 aliphatic carbocycles. The number of hydrogen-bond acceptors (Lipinski definition) is 1. The maximum absolute atomic E-state index is 3.03. The highest BCUT2D eigenvalue weighted by Gasteiger charge is 2.43. The van der Waals surface area contributed by atoms with Crippen molar-refractivity contribution in [1.29, 1.82) is 0 Å². The number of hydrogen-bond donors (Lipinski definition) is 0. The van der Waals surface area contributed by atoms with Crippen LogP contribution in [0.15, 0.2) is 0 Å². The summed E-state index contributed by atoms with van der Waals surface area (Å²) >= 11 is 0. The molecule has 0 unspecified atom stereocenters. The minimum absolute atomic E-state index is 1.12. The van der Waals surface area contributed by atoms with E-state index in [1.54, 1.807) is 0 Å². The van der Waals surface area contributed by atoms with Crippen LogP contribution in [-0.2, 0) is 0 Å². The first-order valence-electron chi connectivity index (χ1n) is 5.73. The topological polar surface area (TPSA) is 3.24 Å². The molecule has 0 aromatic carbocycles. The van der Waals surface area contributed by atoms with Crippen LogP contribution in [-0.4, -0.2) is 28.6 Å². The van der Waals surface area contributed by atoms with Crippen LogP contribution in [0.1, 0.15) is 6.92 Å². The largest absolute Gasteiger partial charge is 0.369 e. The van der Waals surface area contributed by atoms with Gasteiger partial charge in [0.2, 0.25) is 0 Å². The Morgan fingerprint density at radius 3 is 1.07 bits per heavy atom. The lowest BCUT2D eigenvalue weighted by Crippen LogP contribution is -2.69. The summed E-state index contributed by atoms with van der Waals surface area (Å²) in [7, 11) is -3.36. The molecule has 0 atom stereocenters. The van der Waals surface area contributed by atoms with Crippen molar-refractivity contribution in [1.82, 2.24) is 3.90 Å². The van der Waals surface area contributed by atoms with Crippen LogP contribution in [0.5, 0.6) is 0 Å². The lowest BCUT2D eigenvalue weighted by Gasteiger charge is -2.52. The molecular formula is C10H29NSi3. The van der Waals surface area contributed by atoms with E-state index in [1.165, 1.54) is 6.04 Å². The zero-order valence-corrected chi connectivity index (χ0v) is 14.7. The van der Waals surface area contributed by atoms with Crippen LogP contribution in [0.3, 0.4) is 0 Å². The van der Waals surface area contributed by atoms with E-state index in [0.717, 1.165) is 0 Å². The summed E-state index contributed by atoms with van der Waals surface area (Å²) in [6, 6.07) is 1.39. The van der Waals surface area contributed by atoms with Gasteiger partial charge in [0.15, 0.2) is 0 Å². The SMILES string of the molecule is CC[Si](C)(C)N([Si](C)(C)C)[Si](C)(C)C. The third-order valence-electron chi connectivity index (χ3n) is 2.81. The fraction of sp³-hybridized carbons (Fsp3) is 1.00. The molecule has 0 aliphatic rings. The Morgan fingerprint density at radius 2 is 1.00 bits per heavy atom. The van der Waals surface area contributed by atoms with Crippen molar-refractivity contribution in [3.05, 3.63) is 0 Å². The second kappa shape index (κ2) is 4.23. The van der Waals surface area contributed by atoms with Gasteiger partial charge in [-0.15, -0.1) is 0 Å². The van der Waals surface area contributed by atoms with Crippen LogP contribution >= 0.6 is 0 Å². The lowest BCUT2D eigenvalue weighted by atomic mass is 11.0. The summed E-state index contributed by atoms with van der Waals surface area (Å²) in [5.74, 6) is 0. The lowest BCUT2D eigenvalue weighted by molar-refractivity contribution is 0.881. The van der Waals surface area contributed by atoms with Gasteiger partial charge in [-0.1, -0.05) is 59.3 Å². The summed E-state index contributed by atoms with van der Waals surface area (Å²) in [5.41, 5.74) is 0. The molecule has 0 aliphatic heterocycles. The first-order chi connectivity index (χ1) is 5.93. The van der Waals surface area contributed by atoms with Crippen molar-refractivity contribution >= 4 is 24.7 Å². The smallest absolute Gasteiger partial charge is 0.108 e. The highest BCUT2D eigenvalue weighted by molar-refractivity contribution is 7.03. The average Bonchev–Trinajstić information content (AvgIpc) is 1.79. The molecule has 0 heterocycles. The molecule has 0 saturated heterocycles. The van der Waals surface area contributed by atoms with E-state index >= 15 is 0 Å². The molecule has 14 heavy (non-hydrogen) atoms. The summed E-state index contributed by atoms with van der Waals surface area (Å²) < 4.78 is 3.03. The van der Waals surface area contributed by atoms with E-state index in [1.807, 2.05) is 0 Å². The monoisotopic (exact) mass is 247 g/mol. The van der Waals surface area contributed by atoms with Crippen LogP contribution in [0.4, 0.5) is 0 Å². The predicted octanol–water partition coefficient (Wildman–Crippen LogP) is 4.18. The summed E-state index contributed by atoms with van der Waals surface area (Å²) in [6.45, 7) is 22.5. The third-order valence-corrected chi connectivity index (χ3v) is 20.1. The van der Waals surface area contributed by atoms with Gasteiger partial charge in [0.25, 0.3) is 0 Å². The van der Waals surface area contributed by atoms with Gasteiger partial charge in [0, 0.05) is 0 Å². The van der Waals surface area contributed by atoms with Crippen molar-refractivity contribution in [2.75, 3.05) is 0 Å². The Bertz CT molecular complexity index is 175. The Labute approximate surface area is 94.2 Å². The van der Waals surface area contributed by atoms with Crippen molar-refractivity contribution in [2.45, 2.75) is 65.3 Å². The average molecular weight is 248 g/mol. The van der Waals surface area contributed by atoms with Crippen LogP contribution in [0.2, 0.25) is 58.4 Å². The van der Waals surface area contributed by atoms with E-state index in [-0.39, 0.29) is 0 Å². The molecule has 0 bridgehead atoms. The van der Waals surface area contributed by atoms with Crippen LogP contribution < -0.4 is 0 Å². The van der Waals surface area contributed by atoms with E-state index in [9.17, 15) is 0 Å². The van der Waals surface area contributed by atoms with Crippen molar-refractivity contribution in [3.63, 3.8) is 0 Å². The third kappa shape index (κ3) is 3.64. The molecule has 86 valence electrons. The molecule has 0 radical (unpaired) electrons. The first-order valence-corrected chi connectivity index (χ1v) is 15.8.